The van der Waals surface area contributed by atoms with Gasteiger partial charge in [0.15, 0.2) is 0 Å². The van der Waals surface area contributed by atoms with Crippen LogP contribution in [-0.2, 0) is 9.53 Å². The molecule has 1 aliphatic rings. The zero-order valence-corrected chi connectivity index (χ0v) is 13.0. The van der Waals surface area contributed by atoms with Gasteiger partial charge in [-0.05, 0) is 32.9 Å². The fourth-order valence-electron chi connectivity index (χ4n) is 2.33. The Morgan fingerprint density at radius 3 is 2.45 bits per heavy atom. The van der Waals surface area contributed by atoms with Gasteiger partial charge in [0.2, 0.25) is 0 Å². The lowest BCUT2D eigenvalue weighted by Crippen LogP contribution is -2.50. The predicted octanol–water partition coefficient (Wildman–Crippen LogP) is 2.46. The second-order valence-electron chi connectivity index (χ2n) is 5.34. The highest BCUT2D eigenvalue weighted by molar-refractivity contribution is 8.00. The molecule has 1 saturated heterocycles. The molecular weight excluding hydrogens is 274 g/mol. The van der Waals surface area contributed by atoms with Crippen LogP contribution in [0.4, 0.5) is 0 Å². The molecule has 0 aliphatic carbocycles. The van der Waals surface area contributed by atoms with Gasteiger partial charge in [0, 0.05) is 11.3 Å². The van der Waals surface area contributed by atoms with Crippen LogP contribution in [-0.4, -0.2) is 40.6 Å². The summed E-state index contributed by atoms with van der Waals surface area (Å²) >= 11 is 1.59. The Labute approximate surface area is 123 Å². The van der Waals surface area contributed by atoms with Crippen molar-refractivity contribution in [1.29, 1.82) is 0 Å². The third-order valence-electron chi connectivity index (χ3n) is 3.48. The third kappa shape index (κ3) is 2.68. The van der Waals surface area contributed by atoms with Crippen LogP contribution in [0.3, 0.4) is 0 Å². The number of aryl methyl sites for hydroxylation is 1. The van der Waals surface area contributed by atoms with Crippen LogP contribution in [0.15, 0.2) is 24.3 Å². The first-order chi connectivity index (χ1) is 9.36. The molecule has 0 spiro atoms. The van der Waals surface area contributed by atoms with Crippen LogP contribution in [0, 0.1) is 6.92 Å². The van der Waals surface area contributed by atoms with Gasteiger partial charge in [-0.3, -0.25) is 4.79 Å². The number of hydrogen-bond acceptors (Lipinski definition) is 4. The smallest absolute Gasteiger partial charge is 0.329 e. The maximum absolute atomic E-state index is 12.7. The van der Waals surface area contributed by atoms with E-state index in [1.54, 1.807) is 28.8 Å². The number of carbonyl (C=O) groups excluding carboxylic acids is 2. The van der Waals surface area contributed by atoms with Crippen molar-refractivity contribution in [1.82, 2.24) is 4.90 Å². The average Bonchev–Trinajstić information content (AvgIpc) is 2.73. The Balaban J connectivity index is 2.33. The average molecular weight is 293 g/mol. The highest BCUT2D eigenvalue weighted by Gasteiger charge is 2.47. The number of hydrogen-bond donors (Lipinski definition) is 0. The number of ether oxygens (including phenoxy) is 1. The predicted molar refractivity (Wildman–Crippen MR) is 79.7 cm³/mol. The summed E-state index contributed by atoms with van der Waals surface area (Å²) < 4.78 is 4.82. The first-order valence-corrected chi connectivity index (χ1v) is 7.47. The van der Waals surface area contributed by atoms with Crippen molar-refractivity contribution < 1.29 is 14.3 Å². The normalized spacial score (nSPS) is 20.8. The molecule has 1 aromatic carbocycles. The van der Waals surface area contributed by atoms with Crippen LogP contribution in [0.5, 0.6) is 0 Å². The first kappa shape index (κ1) is 14.9. The summed E-state index contributed by atoms with van der Waals surface area (Å²) in [7, 11) is 1.35. The van der Waals surface area contributed by atoms with Gasteiger partial charge < -0.3 is 9.64 Å². The molecule has 1 aromatic rings. The van der Waals surface area contributed by atoms with Crippen LogP contribution < -0.4 is 0 Å². The van der Waals surface area contributed by atoms with Crippen molar-refractivity contribution in [2.45, 2.75) is 31.7 Å². The van der Waals surface area contributed by atoms with Crippen LogP contribution in [0.1, 0.15) is 29.8 Å². The molecule has 5 heteroatoms. The summed E-state index contributed by atoms with van der Waals surface area (Å²) in [6, 6.07) is 6.87. The summed E-state index contributed by atoms with van der Waals surface area (Å²) in [6.45, 7) is 5.88. The summed E-state index contributed by atoms with van der Waals surface area (Å²) in [5.41, 5.74) is 1.70. The molecule has 0 N–H and O–H groups in total. The number of amides is 1. The molecule has 0 unspecified atom stereocenters. The Morgan fingerprint density at radius 2 is 1.90 bits per heavy atom. The lowest BCUT2D eigenvalue weighted by molar-refractivity contribution is -0.145. The number of carbonyl (C=O) groups is 2. The van der Waals surface area contributed by atoms with E-state index in [-0.39, 0.29) is 11.9 Å². The van der Waals surface area contributed by atoms with Crippen molar-refractivity contribution in [2.24, 2.45) is 0 Å². The minimum Gasteiger partial charge on any atom is -0.467 e. The SMILES string of the molecule is COC(=O)[C@@H]1CSC(C)(C)N1C(=O)c1ccc(C)cc1. The maximum atomic E-state index is 12.7. The van der Waals surface area contributed by atoms with Crippen molar-refractivity contribution in [2.75, 3.05) is 12.9 Å². The standard InChI is InChI=1S/C15H19NO3S/c1-10-5-7-11(8-6-10)13(17)16-12(14(18)19-4)9-20-15(16,2)3/h5-8,12H,9H2,1-4H3/t12-/m0/s1. The van der Waals surface area contributed by atoms with Crippen molar-refractivity contribution in [3.8, 4) is 0 Å². The Bertz CT molecular complexity index is 524. The molecule has 0 bridgehead atoms. The molecule has 108 valence electrons. The van der Waals surface area contributed by atoms with Gasteiger partial charge in [-0.15, -0.1) is 11.8 Å². The summed E-state index contributed by atoms with van der Waals surface area (Å²) in [4.78, 5) is 25.8. The number of esters is 1. The van der Waals surface area contributed by atoms with Crippen LogP contribution in [0.25, 0.3) is 0 Å². The first-order valence-electron chi connectivity index (χ1n) is 6.49. The summed E-state index contributed by atoms with van der Waals surface area (Å²) in [5.74, 6) is 0.0796. The van der Waals surface area contributed by atoms with E-state index in [0.717, 1.165) is 5.56 Å². The number of benzene rings is 1. The van der Waals surface area contributed by atoms with Gasteiger partial charge in [0.05, 0.1) is 12.0 Å². The summed E-state index contributed by atoms with van der Waals surface area (Å²) in [5, 5.41) is 0. The zero-order chi connectivity index (χ0) is 14.9. The molecule has 1 heterocycles. The van der Waals surface area contributed by atoms with Crippen molar-refractivity contribution >= 4 is 23.6 Å². The second kappa shape index (κ2) is 5.48. The number of thioether (sulfide) groups is 1. The number of nitrogens with zero attached hydrogens (tertiary/aromatic N) is 1. The number of methoxy groups -OCH3 is 1. The molecule has 4 nitrogen and oxygen atoms in total. The third-order valence-corrected chi connectivity index (χ3v) is 4.86. The fourth-order valence-corrected chi connectivity index (χ4v) is 3.53. The molecule has 1 fully saturated rings. The Kier molecular flexibility index (Phi) is 4.09. The van der Waals surface area contributed by atoms with E-state index >= 15 is 0 Å². The largest absolute Gasteiger partial charge is 0.467 e. The number of rotatable bonds is 2. The van der Waals surface area contributed by atoms with Crippen molar-refractivity contribution in [3.63, 3.8) is 0 Å². The molecular formula is C15H19NO3S. The van der Waals surface area contributed by atoms with E-state index in [4.69, 9.17) is 4.74 Å². The highest BCUT2D eigenvalue weighted by atomic mass is 32.2. The zero-order valence-electron chi connectivity index (χ0n) is 12.2. The Hall–Kier alpha value is -1.49. The molecule has 0 saturated carbocycles. The lowest BCUT2D eigenvalue weighted by atomic mass is 10.1. The monoisotopic (exact) mass is 293 g/mol. The van der Waals surface area contributed by atoms with Gasteiger partial charge in [-0.2, -0.15) is 0 Å². The molecule has 1 aliphatic heterocycles. The van der Waals surface area contributed by atoms with Gasteiger partial charge in [0.25, 0.3) is 5.91 Å². The topological polar surface area (TPSA) is 46.6 Å². The fraction of sp³-hybridized carbons (Fsp3) is 0.467. The van der Waals surface area contributed by atoms with E-state index < -0.39 is 10.9 Å². The quantitative estimate of drug-likeness (QED) is 0.786. The minimum atomic E-state index is -0.520. The van der Waals surface area contributed by atoms with E-state index in [0.29, 0.717) is 11.3 Å². The minimum absolute atomic E-state index is 0.129. The van der Waals surface area contributed by atoms with E-state index in [1.165, 1.54) is 7.11 Å². The van der Waals surface area contributed by atoms with E-state index in [1.807, 2.05) is 32.9 Å². The van der Waals surface area contributed by atoms with Crippen molar-refractivity contribution in [3.05, 3.63) is 35.4 Å². The molecule has 2 rings (SSSR count). The highest BCUT2D eigenvalue weighted by Crippen LogP contribution is 2.40. The van der Waals surface area contributed by atoms with Gasteiger partial charge >= 0.3 is 5.97 Å². The lowest BCUT2D eigenvalue weighted by Gasteiger charge is -2.33. The molecule has 1 atom stereocenters. The molecule has 0 aromatic heterocycles. The second-order valence-corrected chi connectivity index (χ2v) is 6.96. The Morgan fingerprint density at radius 1 is 1.30 bits per heavy atom. The molecule has 20 heavy (non-hydrogen) atoms. The molecule has 0 radical (unpaired) electrons. The van der Waals surface area contributed by atoms with Gasteiger partial charge in [0.1, 0.15) is 6.04 Å². The van der Waals surface area contributed by atoms with Gasteiger partial charge in [-0.1, -0.05) is 17.7 Å². The molecule has 1 amide bonds. The van der Waals surface area contributed by atoms with E-state index in [2.05, 4.69) is 0 Å². The van der Waals surface area contributed by atoms with Gasteiger partial charge in [-0.25, -0.2) is 4.79 Å². The maximum Gasteiger partial charge on any atom is 0.329 e. The summed E-state index contributed by atoms with van der Waals surface area (Å²) in [6.07, 6.45) is 0. The van der Waals surface area contributed by atoms with Crippen LogP contribution >= 0.6 is 11.8 Å². The van der Waals surface area contributed by atoms with E-state index in [9.17, 15) is 9.59 Å². The van der Waals surface area contributed by atoms with Crippen LogP contribution in [0.2, 0.25) is 0 Å².